The van der Waals surface area contributed by atoms with Crippen molar-refractivity contribution >= 4 is 16.9 Å². The second-order valence-corrected chi connectivity index (χ2v) is 8.26. The van der Waals surface area contributed by atoms with Crippen LogP contribution in [0.3, 0.4) is 0 Å². The molecule has 10 heteroatoms. The molecule has 0 aliphatic heterocycles. The molecule has 2 aromatic carbocycles. The van der Waals surface area contributed by atoms with E-state index in [0.29, 0.717) is 5.69 Å². The van der Waals surface area contributed by atoms with Gasteiger partial charge in [0.05, 0.1) is 37.1 Å². The fraction of sp³-hybridized carbons (Fsp3) is 0.292. The Kier molecular flexibility index (Phi) is 5.43. The normalized spacial score (nSPS) is 17.2. The molecule has 2 atom stereocenters. The molecular weight excluding hydrogens is 444 g/mol. The van der Waals surface area contributed by atoms with Crippen molar-refractivity contribution in [3.8, 4) is 28.3 Å². The minimum Gasteiger partial charge on any atom is -0.496 e. The van der Waals surface area contributed by atoms with Crippen LogP contribution < -0.4 is 14.8 Å². The van der Waals surface area contributed by atoms with Crippen molar-refractivity contribution in [2.75, 3.05) is 14.2 Å². The molecule has 2 heterocycles. The van der Waals surface area contributed by atoms with Gasteiger partial charge in [0.2, 0.25) is 6.43 Å². The fourth-order valence-electron chi connectivity index (χ4n) is 4.13. The minimum absolute atomic E-state index is 0.164. The molecule has 1 amide bonds. The first-order valence-electron chi connectivity index (χ1n) is 10.7. The highest BCUT2D eigenvalue weighted by Gasteiger charge is 2.45. The van der Waals surface area contributed by atoms with Crippen LogP contribution in [0.5, 0.6) is 11.5 Å². The van der Waals surface area contributed by atoms with Crippen molar-refractivity contribution in [3.63, 3.8) is 0 Å². The summed E-state index contributed by atoms with van der Waals surface area (Å²) in [5.41, 5.74) is 4.47. The Bertz CT molecular complexity index is 1360. The van der Waals surface area contributed by atoms with Gasteiger partial charge in [-0.05, 0) is 24.1 Å². The maximum absolute atomic E-state index is 12.9. The largest absolute Gasteiger partial charge is 0.496 e. The lowest BCUT2D eigenvalue weighted by Gasteiger charge is -2.16. The number of halogens is 2. The molecule has 1 aliphatic rings. The number of aryl methyl sites for hydroxylation is 1. The number of rotatable bonds is 7. The number of aromatic nitrogens is 4. The SMILES string of the molecule is COc1cc(-n2cnc3cc(-c4cnn(C)c4)ccc32)cc(OC)c1C(=O)N[C@@H]1C[C@H]1C(F)F. The van der Waals surface area contributed by atoms with E-state index in [1.165, 1.54) is 14.2 Å². The van der Waals surface area contributed by atoms with Gasteiger partial charge in [-0.3, -0.25) is 14.0 Å². The molecule has 5 rings (SSSR count). The second kappa shape index (κ2) is 8.44. The van der Waals surface area contributed by atoms with Gasteiger partial charge in [0, 0.05) is 42.9 Å². The summed E-state index contributed by atoms with van der Waals surface area (Å²) in [7, 11) is 4.75. The van der Waals surface area contributed by atoms with Gasteiger partial charge in [-0.1, -0.05) is 6.07 Å². The number of methoxy groups -OCH3 is 2. The third kappa shape index (κ3) is 3.85. The van der Waals surface area contributed by atoms with Gasteiger partial charge in [-0.25, -0.2) is 13.8 Å². The first-order chi connectivity index (χ1) is 16.4. The van der Waals surface area contributed by atoms with E-state index in [1.54, 1.807) is 29.3 Å². The quantitative estimate of drug-likeness (QED) is 0.447. The molecule has 0 spiro atoms. The summed E-state index contributed by atoms with van der Waals surface area (Å²) < 4.78 is 40.3. The van der Waals surface area contributed by atoms with E-state index in [1.807, 2.05) is 36.0 Å². The van der Waals surface area contributed by atoms with Crippen molar-refractivity contribution in [1.82, 2.24) is 24.6 Å². The van der Waals surface area contributed by atoms with Crippen LogP contribution in [-0.2, 0) is 7.05 Å². The van der Waals surface area contributed by atoms with E-state index < -0.39 is 24.3 Å². The average molecular weight is 467 g/mol. The van der Waals surface area contributed by atoms with Crippen LogP contribution in [0.2, 0.25) is 0 Å². The standard InChI is InChI=1S/C24H23F2N5O3/c1-30-11-14(10-28-30)13-4-5-19-18(6-13)27-12-31(19)15-7-20(33-2)22(21(8-15)34-3)24(32)29-17-9-16(17)23(25)26/h4-8,10-12,16-17,23H,9H2,1-3H3,(H,29,32)/t16-,17-/m1/s1. The van der Waals surface area contributed by atoms with Gasteiger partial charge >= 0.3 is 0 Å². The maximum atomic E-state index is 12.9. The number of hydrogen-bond donors (Lipinski definition) is 1. The number of carbonyl (C=O) groups is 1. The molecule has 1 aliphatic carbocycles. The topological polar surface area (TPSA) is 83.2 Å². The van der Waals surface area contributed by atoms with E-state index >= 15 is 0 Å². The number of hydrogen-bond acceptors (Lipinski definition) is 5. The molecule has 8 nitrogen and oxygen atoms in total. The number of ether oxygens (including phenoxy) is 2. The van der Waals surface area contributed by atoms with Crippen molar-refractivity contribution < 1.29 is 23.0 Å². The summed E-state index contributed by atoms with van der Waals surface area (Å²) in [5.74, 6) is -0.774. The Morgan fingerprint density at radius 2 is 1.88 bits per heavy atom. The predicted octanol–water partition coefficient (Wildman–Crippen LogP) is 3.83. The number of fused-ring (bicyclic) bond motifs is 1. The Labute approximate surface area is 194 Å². The smallest absolute Gasteiger partial charge is 0.259 e. The van der Waals surface area contributed by atoms with E-state index in [9.17, 15) is 13.6 Å². The Balaban J connectivity index is 1.50. The van der Waals surface area contributed by atoms with Gasteiger partial charge in [-0.15, -0.1) is 0 Å². The second-order valence-electron chi connectivity index (χ2n) is 8.26. The van der Waals surface area contributed by atoms with Gasteiger partial charge in [0.15, 0.2) is 0 Å². The lowest BCUT2D eigenvalue weighted by molar-refractivity contribution is 0.0920. The molecule has 4 aromatic rings. The molecule has 0 saturated heterocycles. The highest BCUT2D eigenvalue weighted by molar-refractivity contribution is 6.00. The molecule has 34 heavy (non-hydrogen) atoms. The molecule has 0 unspecified atom stereocenters. The zero-order valence-corrected chi connectivity index (χ0v) is 18.8. The molecule has 176 valence electrons. The first-order valence-corrected chi connectivity index (χ1v) is 10.7. The van der Waals surface area contributed by atoms with Gasteiger partial charge < -0.3 is 14.8 Å². The fourth-order valence-corrected chi connectivity index (χ4v) is 4.13. The number of amides is 1. The Hall–Kier alpha value is -3.95. The van der Waals surface area contributed by atoms with Crippen LogP contribution in [0.25, 0.3) is 27.8 Å². The molecule has 0 radical (unpaired) electrons. The molecule has 1 fully saturated rings. The average Bonchev–Trinajstić information content (AvgIpc) is 3.26. The van der Waals surface area contributed by atoms with Crippen molar-refractivity contribution in [1.29, 1.82) is 0 Å². The third-order valence-electron chi connectivity index (χ3n) is 6.06. The van der Waals surface area contributed by atoms with Crippen LogP contribution in [0, 0.1) is 5.92 Å². The molecule has 2 aromatic heterocycles. The van der Waals surface area contributed by atoms with Crippen LogP contribution in [0.15, 0.2) is 49.1 Å². The molecular formula is C24H23F2N5O3. The lowest BCUT2D eigenvalue weighted by atomic mass is 10.1. The van der Waals surface area contributed by atoms with Gasteiger partial charge in [-0.2, -0.15) is 5.10 Å². The van der Waals surface area contributed by atoms with E-state index in [2.05, 4.69) is 15.4 Å². The number of benzene rings is 2. The van der Waals surface area contributed by atoms with Gasteiger partial charge in [0.25, 0.3) is 5.91 Å². The molecule has 0 bridgehead atoms. The van der Waals surface area contributed by atoms with Crippen LogP contribution in [0.1, 0.15) is 16.8 Å². The summed E-state index contributed by atoms with van der Waals surface area (Å²) in [6.07, 6.45) is 3.22. The Morgan fingerprint density at radius 3 is 2.47 bits per heavy atom. The van der Waals surface area contributed by atoms with E-state index in [4.69, 9.17) is 9.47 Å². The Morgan fingerprint density at radius 1 is 1.15 bits per heavy atom. The zero-order valence-electron chi connectivity index (χ0n) is 18.8. The van der Waals surface area contributed by atoms with Crippen molar-refractivity contribution in [2.45, 2.75) is 18.9 Å². The summed E-state index contributed by atoms with van der Waals surface area (Å²) in [5, 5.41) is 6.87. The van der Waals surface area contributed by atoms with Crippen molar-refractivity contribution in [3.05, 3.63) is 54.6 Å². The number of imidazole rings is 1. The minimum atomic E-state index is -2.45. The zero-order chi connectivity index (χ0) is 24.0. The van der Waals surface area contributed by atoms with E-state index in [0.717, 1.165) is 22.2 Å². The monoisotopic (exact) mass is 467 g/mol. The lowest BCUT2D eigenvalue weighted by Crippen LogP contribution is -2.28. The van der Waals surface area contributed by atoms with Gasteiger partial charge in [0.1, 0.15) is 23.4 Å². The first kappa shape index (κ1) is 21.9. The van der Waals surface area contributed by atoms with Crippen LogP contribution >= 0.6 is 0 Å². The van der Waals surface area contributed by atoms with E-state index in [-0.39, 0.29) is 23.5 Å². The predicted molar refractivity (Wildman–Crippen MR) is 122 cm³/mol. The molecule has 1 N–H and O–H groups in total. The highest BCUT2D eigenvalue weighted by atomic mass is 19.3. The number of alkyl halides is 2. The molecule has 1 saturated carbocycles. The third-order valence-corrected chi connectivity index (χ3v) is 6.06. The highest BCUT2D eigenvalue weighted by Crippen LogP contribution is 2.38. The number of nitrogens with zero attached hydrogens (tertiary/aromatic N) is 4. The van der Waals surface area contributed by atoms with Crippen LogP contribution in [-0.4, -0.2) is 51.9 Å². The number of carbonyl (C=O) groups excluding carboxylic acids is 1. The summed E-state index contributed by atoms with van der Waals surface area (Å²) in [4.78, 5) is 17.4. The van der Waals surface area contributed by atoms with Crippen LogP contribution in [0.4, 0.5) is 8.78 Å². The number of nitrogens with one attached hydrogen (secondary N) is 1. The van der Waals surface area contributed by atoms with Crippen molar-refractivity contribution in [2.24, 2.45) is 13.0 Å². The summed E-state index contributed by atoms with van der Waals surface area (Å²) in [6.45, 7) is 0. The maximum Gasteiger partial charge on any atom is 0.259 e. The summed E-state index contributed by atoms with van der Waals surface area (Å²) in [6, 6.07) is 8.78. The summed E-state index contributed by atoms with van der Waals surface area (Å²) >= 11 is 0.